The minimum atomic E-state index is -1.04. The van der Waals surface area contributed by atoms with Gasteiger partial charge in [-0.3, -0.25) is 0 Å². The van der Waals surface area contributed by atoms with Crippen molar-refractivity contribution in [1.29, 1.82) is 0 Å². The second-order valence-corrected chi connectivity index (χ2v) is 7.80. The van der Waals surface area contributed by atoms with Crippen molar-refractivity contribution in [2.45, 2.75) is 63.6 Å². The molecular weight excluding hydrogens is 291 g/mol. The summed E-state index contributed by atoms with van der Waals surface area (Å²) in [5.41, 5.74) is 2.67. The van der Waals surface area contributed by atoms with Crippen LogP contribution >= 0.6 is 0 Å². The number of benzene rings is 1. The molecule has 1 aromatic rings. The lowest BCUT2D eigenvalue weighted by Crippen LogP contribution is -2.46. The van der Waals surface area contributed by atoms with Gasteiger partial charge in [0, 0.05) is 5.41 Å². The highest BCUT2D eigenvalue weighted by atomic mass is 19.1. The third kappa shape index (κ3) is 2.08. The number of aliphatic hydroxyl groups is 1. The average Bonchev–Trinajstić information content (AvgIpc) is 2.86. The van der Waals surface area contributed by atoms with Gasteiger partial charge in [-0.15, -0.1) is 0 Å². The van der Waals surface area contributed by atoms with Crippen LogP contribution in [-0.4, -0.2) is 24.5 Å². The number of ether oxygens (including phenoxy) is 1. The third-order valence-electron chi connectivity index (χ3n) is 7.26. The summed E-state index contributed by atoms with van der Waals surface area (Å²) in [6.07, 6.45) is 3.88. The molecule has 3 heteroatoms. The number of alkyl halides is 1. The fourth-order valence-corrected chi connectivity index (χ4v) is 6.07. The van der Waals surface area contributed by atoms with E-state index in [9.17, 15) is 9.50 Å². The maximum absolute atomic E-state index is 14.4. The maximum Gasteiger partial charge on any atom is 0.127 e. The predicted octanol–water partition coefficient (Wildman–Crippen LogP) is 4.25. The molecule has 4 rings (SSSR count). The van der Waals surface area contributed by atoms with Crippen LogP contribution in [0, 0.1) is 17.3 Å². The normalized spacial score (nSPS) is 41.8. The molecule has 2 nitrogen and oxygen atoms in total. The topological polar surface area (TPSA) is 29.5 Å². The molecule has 1 aromatic carbocycles. The number of methoxy groups -OCH3 is 1. The first-order chi connectivity index (χ1) is 11.1. The zero-order valence-electron chi connectivity index (χ0n) is 14.1. The van der Waals surface area contributed by atoms with Crippen molar-refractivity contribution in [1.82, 2.24) is 0 Å². The molecule has 0 radical (unpaired) electrons. The van der Waals surface area contributed by atoms with E-state index < -0.39 is 12.3 Å². The summed E-state index contributed by atoms with van der Waals surface area (Å²) >= 11 is 0. The summed E-state index contributed by atoms with van der Waals surface area (Å²) in [5.74, 6) is 2.27. The Kier molecular flexibility index (Phi) is 3.67. The van der Waals surface area contributed by atoms with Crippen molar-refractivity contribution < 1.29 is 14.2 Å². The second kappa shape index (κ2) is 5.47. The largest absolute Gasteiger partial charge is 0.497 e. The Morgan fingerprint density at radius 2 is 2.17 bits per heavy atom. The molecule has 3 aliphatic carbocycles. The van der Waals surface area contributed by atoms with Gasteiger partial charge in [0.05, 0.1) is 13.2 Å². The predicted molar refractivity (Wildman–Crippen MR) is 88.5 cm³/mol. The number of halogens is 1. The molecule has 1 N–H and O–H groups in total. The van der Waals surface area contributed by atoms with Gasteiger partial charge in [-0.25, -0.2) is 4.39 Å². The molecule has 23 heavy (non-hydrogen) atoms. The molecule has 0 aromatic heterocycles. The van der Waals surface area contributed by atoms with E-state index in [1.54, 1.807) is 7.11 Å². The fourth-order valence-electron chi connectivity index (χ4n) is 6.07. The molecule has 0 spiro atoms. The smallest absolute Gasteiger partial charge is 0.127 e. The lowest BCUT2D eigenvalue weighted by atomic mass is 9.54. The van der Waals surface area contributed by atoms with Gasteiger partial charge in [-0.2, -0.15) is 0 Å². The first-order valence-electron chi connectivity index (χ1n) is 9.09. The van der Waals surface area contributed by atoms with E-state index >= 15 is 0 Å². The van der Waals surface area contributed by atoms with Crippen molar-refractivity contribution in [3.05, 3.63) is 29.3 Å². The molecule has 3 aliphatic rings. The van der Waals surface area contributed by atoms with Crippen molar-refractivity contribution in [2.75, 3.05) is 7.11 Å². The Morgan fingerprint density at radius 3 is 2.91 bits per heavy atom. The Labute approximate surface area is 138 Å². The number of hydrogen-bond donors (Lipinski definition) is 1. The van der Waals surface area contributed by atoms with E-state index in [1.165, 1.54) is 11.1 Å². The van der Waals surface area contributed by atoms with Crippen LogP contribution in [0.25, 0.3) is 0 Å². The highest BCUT2D eigenvalue weighted by Gasteiger charge is 2.59. The molecule has 0 heterocycles. The standard InChI is InChI=1S/C20H27FO2/c1-3-20-9-8-14-15(17(20)11-18(21)19(20)22)7-5-12-4-6-13(23-2)10-16(12)14/h4,6,10,14-15,17-19,22H,3,5,7-9,11H2,1-2H3/t14-,15+,17-,18+,19-,20-/m0/s1. The van der Waals surface area contributed by atoms with E-state index in [1.807, 2.05) is 0 Å². The monoisotopic (exact) mass is 318 g/mol. The molecule has 0 unspecified atom stereocenters. The Hall–Kier alpha value is -1.09. The van der Waals surface area contributed by atoms with Crippen LogP contribution in [0.4, 0.5) is 4.39 Å². The first-order valence-corrected chi connectivity index (χ1v) is 9.09. The molecule has 0 amide bonds. The summed E-state index contributed by atoms with van der Waals surface area (Å²) in [7, 11) is 1.71. The zero-order valence-corrected chi connectivity index (χ0v) is 14.1. The SMILES string of the molecule is CC[C@]12CC[C@@H]3c4cc(OC)ccc4CC[C@H]3[C@@H]1C[C@@H](F)[C@@H]2O. The molecule has 0 saturated heterocycles. The van der Waals surface area contributed by atoms with Gasteiger partial charge < -0.3 is 9.84 Å². The molecule has 0 aliphatic heterocycles. The molecule has 2 fully saturated rings. The third-order valence-corrected chi connectivity index (χ3v) is 7.26. The van der Waals surface area contributed by atoms with Gasteiger partial charge in [-0.05, 0) is 79.5 Å². The van der Waals surface area contributed by atoms with Crippen molar-refractivity contribution >= 4 is 0 Å². The first kappa shape index (κ1) is 15.4. The van der Waals surface area contributed by atoms with Crippen molar-refractivity contribution in [2.24, 2.45) is 17.3 Å². The Bertz CT molecular complexity index is 601. The molecule has 2 saturated carbocycles. The summed E-state index contributed by atoms with van der Waals surface area (Å²) in [6.45, 7) is 2.13. The molecule has 126 valence electrons. The molecular formula is C20H27FO2. The highest BCUT2D eigenvalue weighted by molar-refractivity contribution is 5.41. The summed E-state index contributed by atoms with van der Waals surface area (Å²) in [5, 5.41) is 10.5. The molecule has 6 atom stereocenters. The van der Waals surface area contributed by atoms with Crippen LogP contribution in [0.3, 0.4) is 0 Å². The number of hydrogen-bond acceptors (Lipinski definition) is 2. The van der Waals surface area contributed by atoms with Crippen molar-refractivity contribution in [3.8, 4) is 5.75 Å². The van der Waals surface area contributed by atoms with Crippen LogP contribution in [0.15, 0.2) is 18.2 Å². The minimum absolute atomic E-state index is 0.184. The second-order valence-electron chi connectivity index (χ2n) is 7.80. The van der Waals surface area contributed by atoms with E-state index in [0.29, 0.717) is 24.2 Å². The van der Waals surface area contributed by atoms with Gasteiger partial charge in [0.1, 0.15) is 11.9 Å². The van der Waals surface area contributed by atoms with E-state index in [2.05, 4.69) is 25.1 Å². The van der Waals surface area contributed by atoms with Crippen LogP contribution in [0.1, 0.15) is 56.1 Å². The Morgan fingerprint density at radius 1 is 1.35 bits per heavy atom. The maximum atomic E-state index is 14.4. The van der Waals surface area contributed by atoms with E-state index in [4.69, 9.17) is 4.74 Å². The van der Waals surface area contributed by atoms with E-state index in [0.717, 1.165) is 37.9 Å². The summed E-state index contributed by atoms with van der Waals surface area (Å²) in [6, 6.07) is 6.45. The number of aryl methyl sites for hydroxylation is 1. The van der Waals surface area contributed by atoms with Gasteiger partial charge in [0.15, 0.2) is 0 Å². The number of aliphatic hydroxyl groups excluding tert-OH is 1. The minimum Gasteiger partial charge on any atom is -0.497 e. The average molecular weight is 318 g/mol. The van der Waals surface area contributed by atoms with Crippen LogP contribution in [-0.2, 0) is 6.42 Å². The lowest BCUT2D eigenvalue weighted by molar-refractivity contribution is -0.0520. The fraction of sp³-hybridized carbons (Fsp3) is 0.700. The van der Waals surface area contributed by atoms with Crippen LogP contribution < -0.4 is 4.74 Å². The highest BCUT2D eigenvalue weighted by Crippen LogP contribution is 2.62. The Balaban J connectivity index is 1.72. The van der Waals surface area contributed by atoms with Crippen LogP contribution in [0.2, 0.25) is 0 Å². The molecule has 0 bridgehead atoms. The quantitative estimate of drug-likeness (QED) is 0.883. The van der Waals surface area contributed by atoms with E-state index in [-0.39, 0.29) is 5.41 Å². The van der Waals surface area contributed by atoms with Crippen LogP contribution in [0.5, 0.6) is 5.75 Å². The lowest BCUT2D eigenvalue weighted by Gasteiger charge is -2.51. The van der Waals surface area contributed by atoms with Gasteiger partial charge in [0.2, 0.25) is 0 Å². The number of fused-ring (bicyclic) bond motifs is 5. The van der Waals surface area contributed by atoms with Crippen molar-refractivity contribution in [3.63, 3.8) is 0 Å². The number of rotatable bonds is 2. The summed E-state index contributed by atoms with van der Waals surface area (Å²) < 4.78 is 19.8. The van der Waals surface area contributed by atoms with Gasteiger partial charge in [0.25, 0.3) is 0 Å². The summed E-state index contributed by atoms with van der Waals surface area (Å²) in [4.78, 5) is 0. The van der Waals surface area contributed by atoms with Gasteiger partial charge in [-0.1, -0.05) is 13.0 Å². The van der Waals surface area contributed by atoms with Gasteiger partial charge >= 0.3 is 0 Å². The zero-order chi connectivity index (χ0) is 16.2.